The summed E-state index contributed by atoms with van der Waals surface area (Å²) in [5.74, 6) is 0.645. The zero-order chi connectivity index (χ0) is 15.0. The van der Waals surface area contributed by atoms with E-state index in [1.807, 2.05) is 24.5 Å². The molecule has 4 heteroatoms. The van der Waals surface area contributed by atoms with Crippen LogP contribution in [0.1, 0.15) is 40.0 Å². The molecule has 0 aliphatic heterocycles. The van der Waals surface area contributed by atoms with E-state index >= 15 is 0 Å². The SMILES string of the molecule is CC(C)(C)C(CCN)CCC(=O)NCCn1cccc1. The summed E-state index contributed by atoms with van der Waals surface area (Å²) >= 11 is 0. The quantitative estimate of drug-likeness (QED) is 0.767. The van der Waals surface area contributed by atoms with Gasteiger partial charge in [0.25, 0.3) is 0 Å². The average molecular weight is 279 g/mol. The van der Waals surface area contributed by atoms with Crippen LogP contribution in [0.2, 0.25) is 0 Å². The minimum absolute atomic E-state index is 0.142. The van der Waals surface area contributed by atoms with Crippen LogP contribution in [-0.4, -0.2) is 23.6 Å². The summed E-state index contributed by atoms with van der Waals surface area (Å²) in [4.78, 5) is 11.9. The highest BCUT2D eigenvalue weighted by Gasteiger charge is 2.24. The Bertz CT molecular complexity index is 379. The second-order valence-corrected chi connectivity index (χ2v) is 6.45. The number of nitrogens with zero attached hydrogens (tertiary/aromatic N) is 1. The van der Waals surface area contributed by atoms with Gasteiger partial charge in [-0.25, -0.2) is 0 Å². The van der Waals surface area contributed by atoms with Gasteiger partial charge in [-0.15, -0.1) is 0 Å². The molecule has 20 heavy (non-hydrogen) atoms. The molecule has 1 rings (SSSR count). The number of hydrogen-bond donors (Lipinski definition) is 2. The lowest BCUT2D eigenvalue weighted by Crippen LogP contribution is -2.29. The molecule has 0 saturated heterocycles. The van der Waals surface area contributed by atoms with E-state index < -0.39 is 0 Å². The first-order valence-electron chi connectivity index (χ1n) is 7.51. The van der Waals surface area contributed by atoms with Crippen molar-refractivity contribution in [3.63, 3.8) is 0 Å². The molecule has 1 heterocycles. The van der Waals surface area contributed by atoms with E-state index in [1.165, 1.54) is 0 Å². The summed E-state index contributed by atoms with van der Waals surface area (Å²) < 4.78 is 2.06. The van der Waals surface area contributed by atoms with Gasteiger partial charge < -0.3 is 15.6 Å². The van der Waals surface area contributed by atoms with E-state index in [-0.39, 0.29) is 11.3 Å². The lowest BCUT2D eigenvalue weighted by atomic mass is 9.76. The van der Waals surface area contributed by atoms with Crippen molar-refractivity contribution < 1.29 is 4.79 Å². The molecule has 1 aromatic rings. The van der Waals surface area contributed by atoms with Crippen LogP contribution in [0.5, 0.6) is 0 Å². The maximum absolute atomic E-state index is 11.9. The predicted molar refractivity (Wildman–Crippen MR) is 83.3 cm³/mol. The van der Waals surface area contributed by atoms with Crippen molar-refractivity contribution in [2.75, 3.05) is 13.1 Å². The van der Waals surface area contributed by atoms with Crippen molar-refractivity contribution in [2.24, 2.45) is 17.1 Å². The second kappa shape index (κ2) is 8.10. The van der Waals surface area contributed by atoms with Gasteiger partial charge in [0.2, 0.25) is 5.91 Å². The Labute approximate surface area is 122 Å². The van der Waals surface area contributed by atoms with Crippen molar-refractivity contribution in [1.29, 1.82) is 0 Å². The van der Waals surface area contributed by atoms with E-state index in [2.05, 4.69) is 30.7 Å². The molecule has 4 nitrogen and oxygen atoms in total. The van der Waals surface area contributed by atoms with Crippen molar-refractivity contribution in [3.8, 4) is 0 Å². The molecule has 114 valence electrons. The highest BCUT2D eigenvalue weighted by Crippen LogP contribution is 2.31. The molecular formula is C16H29N3O. The first-order chi connectivity index (χ1) is 9.43. The third kappa shape index (κ3) is 6.24. The van der Waals surface area contributed by atoms with Crippen molar-refractivity contribution in [3.05, 3.63) is 24.5 Å². The largest absolute Gasteiger partial charge is 0.354 e. The standard InChI is InChI=1S/C16H29N3O/c1-16(2,3)14(8-9-17)6-7-15(20)18-10-13-19-11-4-5-12-19/h4-5,11-12,14H,6-10,13,17H2,1-3H3,(H,18,20). The Morgan fingerprint density at radius 1 is 1.25 bits per heavy atom. The molecular weight excluding hydrogens is 250 g/mol. The molecule has 0 aromatic carbocycles. The van der Waals surface area contributed by atoms with Crippen molar-refractivity contribution in [1.82, 2.24) is 9.88 Å². The van der Waals surface area contributed by atoms with Gasteiger partial charge in [-0.3, -0.25) is 4.79 Å². The number of hydrogen-bond acceptors (Lipinski definition) is 2. The highest BCUT2D eigenvalue weighted by molar-refractivity contribution is 5.75. The lowest BCUT2D eigenvalue weighted by molar-refractivity contribution is -0.121. The highest BCUT2D eigenvalue weighted by atomic mass is 16.1. The summed E-state index contributed by atoms with van der Waals surface area (Å²) in [5, 5.41) is 2.98. The number of carbonyl (C=O) groups is 1. The van der Waals surface area contributed by atoms with Crippen LogP contribution in [-0.2, 0) is 11.3 Å². The van der Waals surface area contributed by atoms with E-state index in [1.54, 1.807) is 0 Å². The third-order valence-corrected chi connectivity index (χ3v) is 3.82. The van der Waals surface area contributed by atoms with Gasteiger partial charge in [-0.2, -0.15) is 0 Å². The number of nitrogens with two attached hydrogens (primary N) is 1. The fourth-order valence-electron chi connectivity index (χ4n) is 2.45. The van der Waals surface area contributed by atoms with E-state index in [0.717, 1.165) is 19.4 Å². The zero-order valence-corrected chi connectivity index (χ0v) is 13.1. The van der Waals surface area contributed by atoms with Gasteiger partial charge >= 0.3 is 0 Å². The van der Waals surface area contributed by atoms with Gasteiger partial charge in [0, 0.05) is 31.9 Å². The minimum Gasteiger partial charge on any atom is -0.354 e. The first-order valence-corrected chi connectivity index (χ1v) is 7.51. The molecule has 0 radical (unpaired) electrons. The number of nitrogens with one attached hydrogen (secondary N) is 1. The number of aromatic nitrogens is 1. The Balaban J connectivity index is 2.24. The Morgan fingerprint density at radius 3 is 2.45 bits per heavy atom. The summed E-state index contributed by atoms with van der Waals surface area (Å²) in [7, 11) is 0. The molecule has 3 N–H and O–H groups in total. The first kappa shape index (κ1) is 16.8. The Morgan fingerprint density at radius 2 is 1.90 bits per heavy atom. The van der Waals surface area contributed by atoms with Gasteiger partial charge in [-0.1, -0.05) is 20.8 Å². The van der Waals surface area contributed by atoms with E-state index in [0.29, 0.717) is 25.4 Å². The van der Waals surface area contributed by atoms with Gasteiger partial charge in [0.15, 0.2) is 0 Å². The molecule has 1 unspecified atom stereocenters. The van der Waals surface area contributed by atoms with Gasteiger partial charge in [-0.05, 0) is 42.9 Å². The van der Waals surface area contributed by atoms with E-state index in [4.69, 9.17) is 5.73 Å². The van der Waals surface area contributed by atoms with Crippen LogP contribution >= 0.6 is 0 Å². The molecule has 0 fully saturated rings. The van der Waals surface area contributed by atoms with E-state index in [9.17, 15) is 4.79 Å². The summed E-state index contributed by atoms with van der Waals surface area (Å²) in [5.41, 5.74) is 5.88. The van der Waals surface area contributed by atoms with Crippen molar-refractivity contribution >= 4 is 5.91 Å². The maximum atomic E-state index is 11.9. The minimum atomic E-state index is 0.142. The molecule has 0 bridgehead atoms. The Kier molecular flexibility index (Phi) is 6.79. The van der Waals surface area contributed by atoms with Crippen LogP contribution in [0.15, 0.2) is 24.5 Å². The van der Waals surface area contributed by atoms with Crippen LogP contribution in [0.4, 0.5) is 0 Å². The fourth-order valence-corrected chi connectivity index (χ4v) is 2.45. The maximum Gasteiger partial charge on any atom is 0.220 e. The smallest absolute Gasteiger partial charge is 0.220 e. The Hall–Kier alpha value is -1.29. The number of amides is 1. The zero-order valence-electron chi connectivity index (χ0n) is 13.1. The fraction of sp³-hybridized carbons (Fsp3) is 0.688. The molecule has 0 aliphatic rings. The predicted octanol–water partition coefficient (Wildman–Crippen LogP) is 2.40. The van der Waals surface area contributed by atoms with Gasteiger partial charge in [0.05, 0.1) is 0 Å². The summed E-state index contributed by atoms with van der Waals surface area (Å²) in [6, 6.07) is 3.98. The average Bonchev–Trinajstić information content (AvgIpc) is 2.86. The third-order valence-electron chi connectivity index (χ3n) is 3.82. The molecule has 1 aromatic heterocycles. The summed E-state index contributed by atoms with van der Waals surface area (Å²) in [6.07, 6.45) is 6.50. The van der Waals surface area contributed by atoms with Crippen LogP contribution in [0, 0.1) is 11.3 Å². The molecule has 1 amide bonds. The van der Waals surface area contributed by atoms with Crippen molar-refractivity contribution in [2.45, 2.75) is 46.6 Å². The van der Waals surface area contributed by atoms with Gasteiger partial charge in [0.1, 0.15) is 0 Å². The number of carbonyl (C=O) groups excluding carboxylic acids is 1. The normalized spacial score (nSPS) is 13.2. The number of rotatable bonds is 8. The van der Waals surface area contributed by atoms with Crippen LogP contribution in [0.3, 0.4) is 0 Å². The molecule has 0 spiro atoms. The van der Waals surface area contributed by atoms with Crippen LogP contribution in [0.25, 0.3) is 0 Å². The molecule has 0 aliphatic carbocycles. The van der Waals surface area contributed by atoms with Crippen LogP contribution < -0.4 is 11.1 Å². The summed E-state index contributed by atoms with van der Waals surface area (Å²) in [6.45, 7) is 8.86. The second-order valence-electron chi connectivity index (χ2n) is 6.45. The molecule has 0 saturated carbocycles. The molecule has 1 atom stereocenters. The monoisotopic (exact) mass is 279 g/mol. The topological polar surface area (TPSA) is 60.1 Å². The lowest BCUT2D eigenvalue weighted by Gasteiger charge is -2.30.